The lowest BCUT2D eigenvalue weighted by Crippen LogP contribution is -2.31. The minimum atomic E-state index is 0.785. The van der Waals surface area contributed by atoms with Gasteiger partial charge in [-0.3, -0.25) is 0 Å². The van der Waals surface area contributed by atoms with Gasteiger partial charge in [-0.15, -0.1) is 11.8 Å². The first-order valence-electron chi connectivity index (χ1n) is 6.41. The highest BCUT2D eigenvalue weighted by molar-refractivity contribution is 8.00. The van der Waals surface area contributed by atoms with Gasteiger partial charge in [0.25, 0.3) is 0 Å². The summed E-state index contributed by atoms with van der Waals surface area (Å²) in [5.41, 5.74) is 3.19. The van der Waals surface area contributed by atoms with Crippen molar-refractivity contribution in [3.8, 4) is 0 Å². The molecule has 0 bridgehead atoms. The predicted octanol–water partition coefficient (Wildman–Crippen LogP) is 3.02. The molecule has 2 heteroatoms. The van der Waals surface area contributed by atoms with Gasteiger partial charge in [0.2, 0.25) is 0 Å². The summed E-state index contributed by atoms with van der Waals surface area (Å²) in [6.45, 7) is 2.39. The number of hydrogen-bond donors (Lipinski definition) is 1. The Morgan fingerprint density at radius 2 is 2.06 bits per heavy atom. The van der Waals surface area contributed by atoms with E-state index in [1.165, 1.54) is 50.1 Å². The molecule has 0 aromatic heterocycles. The van der Waals surface area contributed by atoms with E-state index in [0.717, 1.165) is 5.25 Å². The molecule has 1 aromatic rings. The summed E-state index contributed by atoms with van der Waals surface area (Å²) >= 11 is 2.07. The van der Waals surface area contributed by atoms with Crippen LogP contribution < -0.4 is 5.32 Å². The summed E-state index contributed by atoms with van der Waals surface area (Å²) in [6, 6.07) is 7.10. The van der Waals surface area contributed by atoms with Gasteiger partial charge in [0.15, 0.2) is 0 Å². The van der Waals surface area contributed by atoms with Gasteiger partial charge in [-0.2, -0.15) is 0 Å². The van der Waals surface area contributed by atoms with Gasteiger partial charge >= 0.3 is 0 Å². The molecule has 0 amide bonds. The van der Waals surface area contributed by atoms with Gasteiger partial charge in [-0.1, -0.05) is 6.07 Å². The number of benzene rings is 1. The molecule has 1 atom stereocenters. The van der Waals surface area contributed by atoms with E-state index in [-0.39, 0.29) is 0 Å². The summed E-state index contributed by atoms with van der Waals surface area (Å²) in [5, 5.41) is 4.27. The molecular formula is C14H19NS. The molecule has 1 aliphatic heterocycles. The first-order chi connectivity index (χ1) is 7.92. The number of hydrogen-bond acceptors (Lipinski definition) is 2. The summed E-state index contributed by atoms with van der Waals surface area (Å²) in [5.74, 6) is 0. The van der Waals surface area contributed by atoms with Crippen LogP contribution in [0.4, 0.5) is 0 Å². The topological polar surface area (TPSA) is 12.0 Å². The fraction of sp³-hybridized carbons (Fsp3) is 0.571. The van der Waals surface area contributed by atoms with Crippen LogP contribution in [0.25, 0.3) is 0 Å². The van der Waals surface area contributed by atoms with E-state index in [2.05, 4.69) is 35.3 Å². The second-order valence-electron chi connectivity index (χ2n) is 4.87. The van der Waals surface area contributed by atoms with Gasteiger partial charge in [0.1, 0.15) is 0 Å². The van der Waals surface area contributed by atoms with Crippen LogP contribution in [0.1, 0.15) is 30.4 Å². The van der Waals surface area contributed by atoms with E-state index in [1.807, 2.05) is 0 Å². The Morgan fingerprint density at radius 1 is 1.12 bits per heavy atom. The van der Waals surface area contributed by atoms with Gasteiger partial charge in [0.05, 0.1) is 0 Å². The highest BCUT2D eigenvalue weighted by Crippen LogP contribution is 2.31. The molecule has 0 spiro atoms. The van der Waals surface area contributed by atoms with Crippen molar-refractivity contribution in [2.24, 2.45) is 0 Å². The van der Waals surface area contributed by atoms with Crippen LogP contribution in [0.5, 0.6) is 0 Å². The zero-order valence-electron chi connectivity index (χ0n) is 9.67. The summed E-state index contributed by atoms with van der Waals surface area (Å²) in [7, 11) is 0. The van der Waals surface area contributed by atoms with Crippen molar-refractivity contribution in [2.75, 3.05) is 13.1 Å². The Bertz CT molecular complexity index is 369. The van der Waals surface area contributed by atoms with E-state index in [1.54, 1.807) is 11.1 Å². The maximum Gasteiger partial charge on any atom is 0.0220 e. The molecule has 3 rings (SSSR count). The van der Waals surface area contributed by atoms with Crippen LogP contribution in [-0.4, -0.2) is 18.3 Å². The molecule has 1 N–H and O–H groups in total. The van der Waals surface area contributed by atoms with Gasteiger partial charge < -0.3 is 5.32 Å². The smallest absolute Gasteiger partial charge is 0.0220 e. The third-order valence-corrected chi connectivity index (χ3v) is 4.89. The quantitative estimate of drug-likeness (QED) is 0.842. The summed E-state index contributed by atoms with van der Waals surface area (Å²) in [4.78, 5) is 1.48. The number of rotatable bonds is 2. The molecule has 16 heavy (non-hydrogen) atoms. The van der Waals surface area contributed by atoms with Crippen molar-refractivity contribution in [3.05, 3.63) is 29.3 Å². The Balaban J connectivity index is 1.69. The molecule has 1 nitrogen and oxygen atoms in total. The maximum absolute atomic E-state index is 3.49. The van der Waals surface area contributed by atoms with E-state index in [0.29, 0.717) is 0 Å². The maximum atomic E-state index is 3.49. The van der Waals surface area contributed by atoms with E-state index in [9.17, 15) is 0 Å². The number of nitrogens with one attached hydrogen (secondary N) is 1. The molecule has 0 radical (unpaired) electrons. The fourth-order valence-corrected chi connectivity index (χ4v) is 3.96. The van der Waals surface area contributed by atoms with Crippen molar-refractivity contribution in [1.82, 2.24) is 5.32 Å². The fourth-order valence-electron chi connectivity index (χ4n) is 2.73. The number of aryl methyl sites for hydroxylation is 2. The van der Waals surface area contributed by atoms with Crippen molar-refractivity contribution >= 4 is 11.8 Å². The monoisotopic (exact) mass is 233 g/mol. The highest BCUT2D eigenvalue weighted by atomic mass is 32.2. The highest BCUT2D eigenvalue weighted by Gasteiger charge is 2.16. The molecule has 1 heterocycles. The van der Waals surface area contributed by atoms with Crippen LogP contribution in [0.15, 0.2) is 23.1 Å². The van der Waals surface area contributed by atoms with Crippen molar-refractivity contribution < 1.29 is 0 Å². The van der Waals surface area contributed by atoms with Crippen LogP contribution in [0.2, 0.25) is 0 Å². The third kappa shape index (κ3) is 2.28. The number of piperidine rings is 1. The lowest BCUT2D eigenvalue weighted by atomic mass is 10.1. The average Bonchev–Trinajstić information content (AvgIpc) is 2.77. The van der Waals surface area contributed by atoms with Crippen LogP contribution in [0, 0.1) is 0 Å². The molecule has 1 unspecified atom stereocenters. The molecule has 0 saturated carbocycles. The Kier molecular flexibility index (Phi) is 3.20. The minimum Gasteiger partial charge on any atom is -0.316 e. The lowest BCUT2D eigenvalue weighted by Gasteiger charge is -2.22. The van der Waals surface area contributed by atoms with Gasteiger partial charge in [0, 0.05) is 16.7 Å². The second kappa shape index (κ2) is 4.80. The van der Waals surface area contributed by atoms with Crippen molar-refractivity contribution in [3.63, 3.8) is 0 Å². The number of fused-ring (bicyclic) bond motifs is 1. The van der Waals surface area contributed by atoms with Gasteiger partial charge in [-0.05, 0) is 61.9 Å². The van der Waals surface area contributed by atoms with Crippen LogP contribution in [-0.2, 0) is 12.8 Å². The molecule has 86 valence electrons. The summed E-state index contributed by atoms with van der Waals surface area (Å²) in [6.07, 6.45) is 6.66. The molecule has 1 aliphatic carbocycles. The zero-order valence-corrected chi connectivity index (χ0v) is 10.5. The molecular weight excluding hydrogens is 214 g/mol. The Labute approximate surface area is 102 Å². The molecule has 1 saturated heterocycles. The van der Waals surface area contributed by atoms with Crippen LogP contribution in [0.3, 0.4) is 0 Å². The predicted molar refractivity (Wildman–Crippen MR) is 70.2 cm³/mol. The van der Waals surface area contributed by atoms with E-state index in [4.69, 9.17) is 0 Å². The zero-order chi connectivity index (χ0) is 10.8. The van der Waals surface area contributed by atoms with E-state index >= 15 is 0 Å². The first-order valence-corrected chi connectivity index (χ1v) is 7.29. The molecule has 1 fully saturated rings. The van der Waals surface area contributed by atoms with E-state index < -0.39 is 0 Å². The molecule has 2 aliphatic rings. The number of thioether (sulfide) groups is 1. The minimum absolute atomic E-state index is 0.785. The van der Waals surface area contributed by atoms with Crippen LogP contribution >= 0.6 is 11.8 Å². The third-order valence-electron chi connectivity index (χ3n) is 3.62. The Morgan fingerprint density at radius 3 is 2.94 bits per heavy atom. The van der Waals surface area contributed by atoms with Crippen molar-refractivity contribution in [1.29, 1.82) is 0 Å². The van der Waals surface area contributed by atoms with Crippen molar-refractivity contribution in [2.45, 2.75) is 42.2 Å². The molecule has 1 aromatic carbocycles. The summed E-state index contributed by atoms with van der Waals surface area (Å²) < 4.78 is 0. The Hall–Kier alpha value is -0.470. The normalized spacial score (nSPS) is 24.4. The second-order valence-corrected chi connectivity index (χ2v) is 6.24. The standard InChI is InChI=1S/C14H19NS/c1-3-11-6-7-13(9-12(11)4-1)16-14-5-2-8-15-10-14/h6-7,9,14-15H,1-5,8,10H2. The largest absolute Gasteiger partial charge is 0.316 e. The first kappa shape index (κ1) is 10.7. The van der Waals surface area contributed by atoms with Gasteiger partial charge in [-0.25, -0.2) is 0 Å². The lowest BCUT2D eigenvalue weighted by molar-refractivity contribution is 0.531. The SMILES string of the molecule is c1cc2c(cc1SC1CCCNC1)CCC2. The average molecular weight is 233 g/mol.